The molecule has 3 amide bonds. The molecule has 30 heavy (non-hydrogen) atoms. The van der Waals surface area contributed by atoms with Gasteiger partial charge in [0.15, 0.2) is 0 Å². The zero-order valence-electron chi connectivity index (χ0n) is 16.4. The molecule has 2 heterocycles. The maximum atomic E-state index is 12.7. The van der Waals surface area contributed by atoms with Crippen LogP contribution < -0.4 is 10.3 Å². The van der Waals surface area contributed by atoms with E-state index in [9.17, 15) is 14.4 Å². The van der Waals surface area contributed by atoms with Crippen LogP contribution in [-0.4, -0.2) is 54.6 Å². The first kappa shape index (κ1) is 19.8. The Morgan fingerprint density at radius 3 is 2.50 bits per heavy atom. The molecule has 2 aromatic carbocycles. The molecule has 1 saturated heterocycles. The standard InChI is InChI=1S/C22H22N4O4/c27-20-10-9-19(24-26(20)18-7-2-1-3-8-18)21(28)23-17-6-4-5-16(15-17)22(29)25-11-13-30-14-12-25/h1-8,15H,9-14H2,(H,23,28). The second-order valence-electron chi connectivity index (χ2n) is 7.03. The van der Waals surface area contributed by atoms with Crippen molar-refractivity contribution in [3.05, 3.63) is 60.2 Å². The van der Waals surface area contributed by atoms with Crippen molar-refractivity contribution >= 4 is 34.8 Å². The molecule has 0 saturated carbocycles. The van der Waals surface area contributed by atoms with E-state index in [4.69, 9.17) is 4.74 Å². The summed E-state index contributed by atoms with van der Waals surface area (Å²) in [6, 6.07) is 15.8. The molecular weight excluding hydrogens is 384 g/mol. The third-order valence-electron chi connectivity index (χ3n) is 4.96. The zero-order valence-corrected chi connectivity index (χ0v) is 16.4. The molecule has 154 valence electrons. The molecule has 2 aromatic rings. The van der Waals surface area contributed by atoms with Gasteiger partial charge in [0, 0.05) is 37.2 Å². The van der Waals surface area contributed by atoms with Crippen LogP contribution in [0, 0.1) is 0 Å². The van der Waals surface area contributed by atoms with Crippen LogP contribution in [0.25, 0.3) is 0 Å². The van der Waals surface area contributed by atoms with E-state index >= 15 is 0 Å². The normalized spacial score (nSPS) is 16.8. The molecule has 1 N–H and O–H groups in total. The summed E-state index contributed by atoms with van der Waals surface area (Å²) in [6.45, 7) is 2.16. The number of anilines is 2. The number of hydrogen-bond donors (Lipinski definition) is 1. The molecule has 2 aliphatic rings. The molecular formula is C22H22N4O4. The summed E-state index contributed by atoms with van der Waals surface area (Å²) in [7, 11) is 0. The highest BCUT2D eigenvalue weighted by Gasteiger charge is 2.26. The molecule has 0 atom stereocenters. The Bertz CT molecular complexity index is 984. The van der Waals surface area contributed by atoms with Crippen molar-refractivity contribution in [2.75, 3.05) is 36.6 Å². The Balaban J connectivity index is 1.48. The van der Waals surface area contributed by atoms with E-state index in [0.717, 1.165) is 0 Å². The highest BCUT2D eigenvalue weighted by atomic mass is 16.5. The largest absolute Gasteiger partial charge is 0.378 e. The van der Waals surface area contributed by atoms with Gasteiger partial charge in [-0.3, -0.25) is 14.4 Å². The number of ether oxygens (including phenoxy) is 1. The van der Waals surface area contributed by atoms with Crippen LogP contribution in [0.2, 0.25) is 0 Å². The minimum absolute atomic E-state index is 0.0924. The molecule has 0 radical (unpaired) electrons. The molecule has 8 heteroatoms. The first-order valence-corrected chi connectivity index (χ1v) is 9.86. The maximum absolute atomic E-state index is 12.7. The molecule has 0 aromatic heterocycles. The van der Waals surface area contributed by atoms with Crippen molar-refractivity contribution in [3.63, 3.8) is 0 Å². The van der Waals surface area contributed by atoms with Gasteiger partial charge in [-0.25, -0.2) is 5.01 Å². The van der Waals surface area contributed by atoms with Crippen molar-refractivity contribution in [2.24, 2.45) is 5.10 Å². The number of morpholine rings is 1. The zero-order chi connectivity index (χ0) is 20.9. The molecule has 0 bridgehead atoms. The summed E-state index contributed by atoms with van der Waals surface area (Å²) in [5, 5.41) is 8.31. The van der Waals surface area contributed by atoms with Gasteiger partial charge in [0.1, 0.15) is 5.71 Å². The number of hydrazone groups is 1. The molecule has 0 aliphatic carbocycles. The summed E-state index contributed by atoms with van der Waals surface area (Å²) < 4.78 is 5.29. The molecule has 0 unspecified atom stereocenters. The topological polar surface area (TPSA) is 91.3 Å². The van der Waals surface area contributed by atoms with E-state index < -0.39 is 0 Å². The van der Waals surface area contributed by atoms with Gasteiger partial charge >= 0.3 is 0 Å². The first-order chi connectivity index (χ1) is 14.6. The van der Waals surface area contributed by atoms with Crippen LogP contribution in [-0.2, 0) is 14.3 Å². The van der Waals surface area contributed by atoms with Crippen molar-refractivity contribution in [1.29, 1.82) is 0 Å². The number of carbonyl (C=O) groups excluding carboxylic acids is 3. The second kappa shape index (κ2) is 8.87. The lowest BCUT2D eigenvalue weighted by Crippen LogP contribution is -2.40. The van der Waals surface area contributed by atoms with E-state index in [1.54, 1.807) is 41.3 Å². The molecule has 1 fully saturated rings. The second-order valence-corrected chi connectivity index (χ2v) is 7.03. The highest BCUT2D eigenvalue weighted by Crippen LogP contribution is 2.20. The van der Waals surface area contributed by atoms with Gasteiger partial charge in [-0.1, -0.05) is 24.3 Å². The van der Waals surface area contributed by atoms with Crippen molar-refractivity contribution in [1.82, 2.24) is 4.90 Å². The Morgan fingerprint density at radius 1 is 0.967 bits per heavy atom. The van der Waals surface area contributed by atoms with Crippen LogP contribution in [0.5, 0.6) is 0 Å². The van der Waals surface area contributed by atoms with E-state index in [2.05, 4.69) is 10.4 Å². The molecule has 4 rings (SSSR count). The van der Waals surface area contributed by atoms with E-state index in [0.29, 0.717) is 43.2 Å². The Kier molecular flexibility index (Phi) is 5.85. The van der Waals surface area contributed by atoms with Crippen LogP contribution in [0.1, 0.15) is 23.2 Å². The van der Waals surface area contributed by atoms with Gasteiger partial charge < -0.3 is 15.0 Å². The maximum Gasteiger partial charge on any atom is 0.271 e. The number of rotatable bonds is 4. The smallest absolute Gasteiger partial charge is 0.271 e. The number of para-hydroxylation sites is 1. The third kappa shape index (κ3) is 4.38. The molecule has 0 spiro atoms. The summed E-state index contributed by atoms with van der Waals surface area (Å²) in [5.41, 5.74) is 1.89. The predicted octanol–water partition coefficient (Wildman–Crippen LogP) is 2.28. The minimum atomic E-state index is -0.389. The predicted molar refractivity (Wildman–Crippen MR) is 112 cm³/mol. The Labute approximate surface area is 174 Å². The highest BCUT2D eigenvalue weighted by molar-refractivity contribution is 6.44. The van der Waals surface area contributed by atoms with Gasteiger partial charge in [0.25, 0.3) is 11.8 Å². The van der Waals surface area contributed by atoms with Gasteiger partial charge in [-0.15, -0.1) is 0 Å². The van der Waals surface area contributed by atoms with Crippen LogP contribution >= 0.6 is 0 Å². The van der Waals surface area contributed by atoms with Crippen LogP contribution in [0.3, 0.4) is 0 Å². The van der Waals surface area contributed by atoms with Crippen LogP contribution in [0.4, 0.5) is 11.4 Å². The fraction of sp³-hybridized carbons (Fsp3) is 0.273. The number of amides is 3. The monoisotopic (exact) mass is 406 g/mol. The lowest BCUT2D eigenvalue weighted by Gasteiger charge is -2.27. The lowest BCUT2D eigenvalue weighted by atomic mass is 10.1. The quantitative estimate of drug-likeness (QED) is 0.843. The number of nitrogens with one attached hydrogen (secondary N) is 1. The first-order valence-electron chi connectivity index (χ1n) is 9.86. The number of nitrogens with zero attached hydrogens (tertiary/aromatic N) is 3. The van der Waals surface area contributed by atoms with Crippen molar-refractivity contribution in [3.8, 4) is 0 Å². The van der Waals surface area contributed by atoms with Gasteiger partial charge in [-0.05, 0) is 30.3 Å². The Morgan fingerprint density at radius 2 is 1.73 bits per heavy atom. The molecule has 8 nitrogen and oxygen atoms in total. The lowest BCUT2D eigenvalue weighted by molar-refractivity contribution is -0.118. The summed E-state index contributed by atoms with van der Waals surface area (Å²) in [6.07, 6.45) is 0.469. The molecule has 2 aliphatic heterocycles. The SMILES string of the molecule is O=C(Nc1cccc(C(=O)N2CCOCC2)c1)C1=NN(c2ccccc2)C(=O)CC1. The fourth-order valence-electron chi connectivity index (χ4n) is 3.37. The van der Waals surface area contributed by atoms with E-state index in [1.165, 1.54) is 5.01 Å². The summed E-state index contributed by atoms with van der Waals surface area (Å²) >= 11 is 0. The fourth-order valence-corrected chi connectivity index (χ4v) is 3.37. The average molecular weight is 406 g/mol. The van der Waals surface area contributed by atoms with Gasteiger partial charge in [0.2, 0.25) is 5.91 Å². The van der Waals surface area contributed by atoms with Crippen molar-refractivity contribution < 1.29 is 19.1 Å². The summed E-state index contributed by atoms with van der Waals surface area (Å²) in [4.78, 5) is 39.4. The minimum Gasteiger partial charge on any atom is -0.378 e. The van der Waals surface area contributed by atoms with Crippen molar-refractivity contribution in [2.45, 2.75) is 12.8 Å². The van der Waals surface area contributed by atoms with Gasteiger partial charge in [0.05, 0.1) is 18.9 Å². The third-order valence-corrected chi connectivity index (χ3v) is 4.96. The van der Waals surface area contributed by atoms with E-state index in [-0.39, 0.29) is 36.3 Å². The van der Waals surface area contributed by atoms with Gasteiger partial charge in [-0.2, -0.15) is 5.10 Å². The van der Waals surface area contributed by atoms with E-state index in [1.807, 2.05) is 18.2 Å². The number of hydrogen-bond acceptors (Lipinski definition) is 5. The summed E-state index contributed by atoms with van der Waals surface area (Å²) in [5.74, 6) is -0.638. The Hall–Kier alpha value is -3.52. The average Bonchev–Trinajstić information content (AvgIpc) is 2.80. The number of benzene rings is 2. The number of carbonyl (C=O) groups is 3. The van der Waals surface area contributed by atoms with Crippen LogP contribution in [0.15, 0.2) is 59.7 Å².